The van der Waals surface area contributed by atoms with Crippen LogP contribution in [-0.2, 0) is 0 Å². The Kier molecular flexibility index (Phi) is 2.54. The summed E-state index contributed by atoms with van der Waals surface area (Å²) in [5, 5.41) is 0. The van der Waals surface area contributed by atoms with Gasteiger partial charge in [0.2, 0.25) is 0 Å². The van der Waals surface area contributed by atoms with Gasteiger partial charge in [0.25, 0.3) is 0 Å². The maximum absolute atomic E-state index is 12.8. The fraction of sp³-hybridized carbons (Fsp3) is 0.647. The highest BCUT2D eigenvalue weighted by molar-refractivity contribution is 5.98. The summed E-state index contributed by atoms with van der Waals surface area (Å²) in [6.07, 6.45) is 8.46. The molecule has 0 unspecified atom stereocenters. The summed E-state index contributed by atoms with van der Waals surface area (Å²) in [5.41, 5.74) is 1.82. The van der Waals surface area contributed by atoms with Crippen LogP contribution in [0.3, 0.4) is 0 Å². The van der Waals surface area contributed by atoms with Gasteiger partial charge in [-0.05, 0) is 74.8 Å². The Morgan fingerprint density at radius 3 is 2.21 bits per heavy atom. The molecule has 4 saturated carbocycles. The molecular formula is C17H21NO. The lowest BCUT2D eigenvalue weighted by atomic mass is 9.51. The summed E-state index contributed by atoms with van der Waals surface area (Å²) < 4.78 is 0. The monoisotopic (exact) mass is 255 g/mol. The molecule has 4 bridgehead atoms. The van der Waals surface area contributed by atoms with Crippen molar-refractivity contribution in [3.05, 3.63) is 29.6 Å². The lowest BCUT2D eigenvalue weighted by molar-refractivity contribution is -0.0251. The van der Waals surface area contributed by atoms with Gasteiger partial charge in [0.05, 0.1) is 0 Å². The first-order valence-corrected chi connectivity index (χ1v) is 7.67. The van der Waals surface area contributed by atoms with Gasteiger partial charge in [0.15, 0.2) is 5.78 Å². The molecule has 0 aliphatic heterocycles. The minimum Gasteiger partial charge on any atom is -0.294 e. The molecule has 0 saturated heterocycles. The van der Waals surface area contributed by atoms with Gasteiger partial charge >= 0.3 is 0 Å². The van der Waals surface area contributed by atoms with Crippen molar-refractivity contribution < 1.29 is 4.79 Å². The Hall–Kier alpha value is -1.18. The van der Waals surface area contributed by atoms with E-state index in [9.17, 15) is 4.79 Å². The van der Waals surface area contributed by atoms with Crippen molar-refractivity contribution in [1.29, 1.82) is 0 Å². The fourth-order valence-corrected chi connectivity index (χ4v) is 5.16. The number of nitrogens with zero attached hydrogens (tertiary/aromatic N) is 1. The molecule has 19 heavy (non-hydrogen) atoms. The number of carbonyl (C=O) groups is 1. The van der Waals surface area contributed by atoms with E-state index in [0.29, 0.717) is 23.5 Å². The summed E-state index contributed by atoms with van der Waals surface area (Å²) >= 11 is 0. The van der Waals surface area contributed by atoms with E-state index in [1.807, 2.05) is 19.1 Å². The van der Waals surface area contributed by atoms with Gasteiger partial charge in [-0.1, -0.05) is 0 Å². The maximum atomic E-state index is 12.8. The number of carbonyl (C=O) groups excluding carboxylic acids is 1. The second-order valence-electron chi connectivity index (χ2n) is 7.01. The number of aromatic nitrogens is 1. The van der Waals surface area contributed by atoms with Crippen LogP contribution in [0.5, 0.6) is 0 Å². The van der Waals surface area contributed by atoms with Crippen LogP contribution < -0.4 is 0 Å². The zero-order valence-corrected chi connectivity index (χ0v) is 11.5. The number of Topliss-reactive ketones (excluding diaryl/α,β-unsaturated/α-hetero) is 1. The van der Waals surface area contributed by atoms with E-state index in [1.54, 1.807) is 6.20 Å². The molecule has 0 atom stereocenters. The van der Waals surface area contributed by atoms with E-state index < -0.39 is 0 Å². The summed E-state index contributed by atoms with van der Waals surface area (Å²) in [5.74, 6) is 3.89. The lowest BCUT2D eigenvalue weighted by Crippen LogP contribution is -2.48. The van der Waals surface area contributed by atoms with Crippen molar-refractivity contribution in [2.45, 2.75) is 39.0 Å². The molecule has 5 rings (SSSR count). The van der Waals surface area contributed by atoms with E-state index in [4.69, 9.17) is 0 Å². The molecule has 0 amide bonds. The van der Waals surface area contributed by atoms with Gasteiger partial charge in [-0.2, -0.15) is 0 Å². The number of hydrogen-bond acceptors (Lipinski definition) is 2. The smallest absolute Gasteiger partial charge is 0.168 e. The summed E-state index contributed by atoms with van der Waals surface area (Å²) in [4.78, 5) is 17.1. The Labute approximate surface area is 114 Å². The summed E-state index contributed by atoms with van der Waals surface area (Å²) in [6.45, 7) is 1.97. The number of aryl methyl sites for hydroxylation is 1. The Morgan fingerprint density at radius 2 is 1.68 bits per heavy atom. The molecule has 1 aromatic heterocycles. The van der Waals surface area contributed by atoms with Crippen LogP contribution in [-0.4, -0.2) is 10.8 Å². The summed E-state index contributed by atoms with van der Waals surface area (Å²) in [6, 6.07) is 3.93. The quantitative estimate of drug-likeness (QED) is 0.755. The van der Waals surface area contributed by atoms with E-state index in [0.717, 1.165) is 23.1 Å². The van der Waals surface area contributed by atoms with Gasteiger partial charge in [-0.25, -0.2) is 0 Å². The molecule has 0 spiro atoms. The van der Waals surface area contributed by atoms with Crippen molar-refractivity contribution in [3.8, 4) is 0 Å². The molecule has 2 heteroatoms. The van der Waals surface area contributed by atoms with E-state index in [2.05, 4.69) is 4.98 Å². The molecule has 4 aliphatic carbocycles. The summed E-state index contributed by atoms with van der Waals surface area (Å²) in [7, 11) is 0. The van der Waals surface area contributed by atoms with Gasteiger partial charge in [0, 0.05) is 23.4 Å². The average molecular weight is 255 g/mol. The van der Waals surface area contributed by atoms with E-state index >= 15 is 0 Å². The zero-order chi connectivity index (χ0) is 13.0. The highest BCUT2D eigenvalue weighted by Crippen LogP contribution is 2.57. The standard InChI is InChI=1S/C17H21NO/c1-10-2-3-13(9-18-10)17(19)16-14-5-11-4-12(7-14)8-15(16)6-11/h2-3,9,11-12,14-16H,4-8H2,1H3. The van der Waals surface area contributed by atoms with Crippen molar-refractivity contribution in [1.82, 2.24) is 4.98 Å². The lowest BCUT2D eigenvalue weighted by Gasteiger charge is -2.53. The molecule has 2 nitrogen and oxygen atoms in total. The van der Waals surface area contributed by atoms with Crippen molar-refractivity contribution >= 4 is 5.78 Å². The van der Waals surface area contributed by atoms with Crippen LogP contribution in [0.2, 0.25) is 0 Å². The maximum Gasteiger partial charge on any atom is 0.168 e. The van der Waals surface area contributed by atoms with Gasteiger partial charge < -0.3 is 0 Å². The molecule has 0 radical (unpaired) electrons. The molecule has 100 valence electrons. The number of hydrogen-bond donors (Lipinski definition) is 0. The topological polar surface area (TPSA) is 30.0 Å². The first kappa shape index (κ1) is 11.6. The third-order valence-corrected chi connectivity index (χ3v) is 5.73. The molecule has 1 aromatic rings. The van der Waals surface area contributed by atoms with Crippen LogP contribution in [0.15, 0.2) is 18.3 Å². The molecule has 4 fully saturated rings. The minimum atomic E-state index is 0.303. The predicted octanol–water partition coefficient (Wildman–Crippen LogP) is 3.65. The zero-order valence-electron chi connectivity index (χ0n) is 11.5. The number of ketones is 1. The third-order valence-electron chi connectivity index (χ3n) is 5.73. The largest absolute Gasteiger partial charge is 0.294 e. The van der Waals surface area contributed by atoms with Crippen LogP contribution in [0.1, 0.15) is 48.2 Å². The molecule has 4 aliphatic rings. The highest BCUT2D eigenvalue weighted by atomic mass is 16.1. The molecule has 0 N–H and O–H groups in total. The minimum absolute atomic E-state index is 0.303. The third kappa shape index (κ3) is 1.84. The molecular weight excluding hydrogens is 234 g/mol. The SMILES string of the molecule is Cc1ccc(C(=O)C2C3CC4CC(C3)CC2C4)cn1. The van der Waals surface area contributed by atoms with Crippen molar-refractivity contribution in [2.24, 2.45) is 29.6 Å². The first-order chi connectivity index (χ1) is 9.20. The molecule has 0 aromatic carbocycles. The predicted molar refractivity (Wildman–Crippen MR) is 73.8 cm³/mol. The average Bonchev–Trinajstić information content (AvgIpc) is 2.38. The number of rotatable bonds is 2. The Morgan fingerprint density at radius 1 is 1.05 bits per heavy atom. The van der Waals surface area contributed by atoms with Crippen LogP contribution >= 0.6 is 0 Å². The van der Waals surface area contributed by atoms with Crippen LogP contribution in [0, 0.1) is 36.5 Å². The van der Waals surface area contributed by atoms with Gasteiger partial charge in [-0.3, -0.25) is 9.78 Å². The van der Waals surface area contributed by atoms with Crippen LogP contribution in [0.25, 0.3) is 0 Å². The Balaban J connectivity index is 1.62. The number of pyridine rings is 1. The molecule has 1 heterocycles. The normalized spacial score (nSPS) is 39.5. The van der Waals surface area contributed by atoms with E-state index in [-0.39, 0.29) is 0 Å². The second kappa shape index (κ2) is 4.16. The fourth-order valence-electron chi connectivity index (χ4n) is 5.16. The van der Waals surface area contributed by atoms with Gasteiger partial charge in [-0.15, -0.1) is 0 Å². The van der Waals surface area contributed by atoms with Crippen LogP contribution in [0.4, 0.5) is 0 Å². The Bertz CT molecular complexity index is 476. The highest BCUT2D eigenvalue weighted by Gasteiger charge is 2.50. The van der Waals surface area contributed by atoms with E-state index in [1.165, 1.54) is 32.1 Å². The van der Waals surface area contributed by atoms with Gasteiger partial charge in [0.1, 0.15) is 0 Å². The van der Waals surface area contributed by atoms with Crippen molar-refractivity contribution in [3.63, 3.8) is 0 Å². The van der Waals surface area contributed by atoms with Crippen molar-refractivity contribution in [2.75, 3.05) is 0 Å². The second-order valence-corrected chi connectivity index (χ2v) is 7.01. The first-order valence-electron chi connectivity index (χ1n) is 7.67.